The van der Waals surface area contributed by atoms with E-state index >= 15 is 0 Å². The number of fused-ring (bicyclic) bond motifs is 1. The van der Waals surface area contributed by atoms with Crippen LogP contribution in [0, 0.1) is 11.3 Å². The highest BCUT2D eigenvalue weighted by atomic mass is 16.1. The molecule has 3 rings (SSSR count). The van der Waals surface area contributed by atoms with Gasteiger partial charge in [0.2, 0.25) is 0 Å². The third-order valence-corrected chi connectivity index (χ3v) is 3.49. The highest BCUT2D eigenvalue weighted by molar-refractivity contribution is 6.00. The third-order valence-electron chi connectivity index (χ3n) is 3.49. The Kier molecular flexibility index (Phi) is 4.02. The Bertz CT molecular complexity index is 879. The van der Waals surface area contributed by atoms with Crippen molar-refractivity contribution in [2.24, 2.45) is 0 Å². The summed E-state index contributed by atoms with van der Waals surface area (Å²) in [6.07, 6.45) is 3.42. The summed E-state index contributed by atoms with van der Waals surface area (Å²) in [7, 11) is 0. The zero-order valence-electron chi connectivity index (χ0n) is 12.6. The van der Waals surface area contributed by atoms with Crippen molar-refractivity contribution in [1.29, 1.82) is 5.26 Å². The summed E-state index contributed by atoms with van der Waals surface area (Å²) in [6, 6.07) is 13.5. The molecule has 6 nitrogen and oxygen atoms in total. The van der Waals surface area contributed by atoms with Crippen molar-refractivity contribution in [3.05, 3.63) is 54.4 Å². The number of carbonyl (C=O) groups excluding carboxylic acids is 1. The van der Waals surface area contributed by atoms with Crippen LogP contribution in [0.15, 0.2) is 48.8 Å². The van der Waals surface area contributed by atoms with Crippen LogP contribution in [0.2, 0.25) is 0 Å². The Labute approximate surface area is 133 Å². The zero-order chi connectivity index (χ0) is 16.2. The molecule has 0 radical (unpaired) electrons. The molecule has 0 fully saturated rings. The van der Waals surface area contributed by atoms with Gasteiger partial charge in [-0.05, 0) is 13.0 Å². The predicted octanol–water partition coefficient (Wildman–Crippen LogP) is 2.43. The van der Waals surface area contributed by atoms with Crippen LogP contribution in [-0.2, 0) is 0 Å². The van der Waals surface area contributed by atoms with Crippen molar-refractivity contribution >= 4 is 11.6 Å². The molecule has 1 atom stereocenters. The van der Waals surface area contributed by atoms with Crippen LogP contribution in [0.1, 0.15) is 23.7 Å². The number of hydrogen-bond acceptors (Lipinski definition) is 4. The number of rotatable bonds is 4. The smallest absolute Gasteiger partial charge is 0.257 e. The number of carbonyl (C=O) groups is 1. The van der Waals surface area contributed by atoms with Gasteiger partial charge in [-0.2, -0.15) is 10.4 Å². The number of hydrogen-bond donors (Lipinski definition) is 1. The molecule has 2 aromatic heterocycles. The summed E-state index contributed by atoms with van der Waals surface area (Å²) in [4.78, 5) is 16.6. The minimum atomic E-state index is -0.277. The largest absolute Gasteiger partial charge is 0.348 e. The molecule has 0 spiro atoms. The first-order chi connectivity index (χ1) is 11.2. The minimum Gasteiger partial charge on any atom is -0.348 e. The van der Waals surface area contributed by atoms with Gasteiger partial charge in [-0.15, -0.1) is 0 Å². The number of aromatic nitrogens is 3. The lowest BCUT2D eigenvalue weighted by molar-refractivity contribution is 0.0942. The highest BCUT2D eigenvalue weighted by Gasteiger charge is 2.17. The molecule has 2 heterocycles. The summed E-state index contributed by atoms with van der Waals surface area (Å²) in [6.45, 7) is 1.79. The molecule has 0 aliphatic heterocycles. The molecule has 0 saturated heterocycles. The molecule has 114 valence electrons. The lowest BCUT2D eigenvalue weighted by atomic mass is 10.1. The molecule has 23 heavy (non-hydrogen) atoms. The van der Waals surface area contributed by atoms with E-state index in [0.717, 1.165) is 11.3 Å². The standard InChI is InChI=1S/C17H15N5O/c1-12(7-9-18)21-17(23)14-11-20-22-15(8-10-19-16(14)22)13-5-3-2-4-6-13/h2-6,8,10-12H,7H2,1H3,(H,21,23)/t12-/m0/s1. The number of nitrogens with zero attached hydrogens (tertiary/aromatic N) is 4. The van der Waals surface area contributed by atoms with Crippen molar-refractivity contribution in [2.45, 2.75) is 19.4 Å². The summed E-state index contributed by atoms with van der Waals surface area (Å²) < 4.78 is 1.65. The second kappa shape index (κ2) is 6.28. The topological polar surface area (TPSA) is 83.1 Å². The predicted molar refractivity (Wildman–Crippen MR) is 85.6 cm³/mol. The number of nitrogens with one attached hydrogen (secondary N) is 1. The Hall–Kier alpha value is -3.20. The summed E-state index contributed by atoms with van der Waals surface area (Å²) in [5, 5.41) is 15.8. The number of amides is 1. The molecular formula is C17H15N5O. The van der Waals surface area contributed by atoms with E-state index in [9.17, 15) is 4.79 Å². The van der Waals surface area contributed by atoms with E-state index in [0.29, 0.717) is 11.2 Å². The van der Waals surface area contributed by atoms with Crippen molar-refractivity contribution in [3.63, 3.8) is 0 Å². The van der Waals surface area contributed by atoms with Crippen LogP contribution in [0.4, 0.5) is 0 Å². The Balaban J connectivity index is 1.99. The van der Waals surface area contributed by atoms with E-state index in [1.54, 1.807) is 17.6 Å². The Morgan fingerprint density at radius 1 is 1.35 bits per heavy atom. The van der Waals surface area contributed by atoms with Crippen LogP contribution < -0.4 is 5.32 Å². The van der Waals surface area contributed by atoms with Crippen LogP contribution in [0.25, 0.3) is 16.9 Å². The van der Waals surface area contributed by atoms with Gasteiger partial charge in [0, 0.05) is 17.8 Å². The first-order valence-electron chi connectivity index (χ1n) is 7.26. The fourth-order valence-corrected chi connectivity index (χ4v) is 2.37. The first kappa shape index (κ1) is 14.7. The molecule has 1 amide bonds. The summed E-state index contributed by atoms with van der Waals surface area (Å²) >= 11 is 0. The molecule has 3 aromatic rings. The number of nitriles is 1. The van der Waals surface area contributed by atoms with E-state index in [-0.39, 0.29) is 18.4 Å². The maximum Gasteiger partial charge on any atom is 0.257 e. The highest BCUT2D eigenvalue weighted by Crippen LogP contribution is 2.20. The second-order valence-corrected chi connectivity index (χ2v) is 5.23. The SMILES string of the molecule is C[C@@H](CC#N)NC(=O)c1cnn2c(-c3ccccc3)ccnc12. The fourth-order valence-electron chi connectivity index (χ4n) is 2.37. The van der Waals surface area contributed by atoms with E-state index in [1.807, 2.05) is 42.5 Å². The maximum atomic E-state index is 12.3. The second-order valence-electron chi connectivity index (χ2n) is 5.23. The molecule has 0 unspecified atom stereocenters. The average molecular weight is 305 g/mol. The monoisotopic (exact) mass is 305 g/mol. The van der Waals surface area contributed by atoms with Gasteiger partial charge in [0.25, 0.3) is 5.91 Å². The van der Waals surface area contributed by atoms with Gasteiger partial charge in [-0.1, -0.05) is 30.3 Å². The molecule has 1 aromatic carbocycles. The van der Waals surface area contributed by atoms with Crippen LogP contribution in [0.5, 0.6) is 0 Å². The Morgan fingerprint density at radius 3 is 2.87 bits per heavy atom. The van der Waals surface area contributed by atoms with E-state index in [4.69, 9.17) is 5.26 Å². The van der Waals surface area contributed by atoms with Crippen molar-refractivity contribution < 1.29 is 4.79 Å². The van der Waals surface area contributed by atoms with E-state index < -0.39 is 0 Å². The lowest BCUT2D eigenvalue weighted by Gasteiger charge is -2.09. The first-order valence-corrected chi connectivity index (χ1v) is 7.26. The van der Waals surface area contributed by atoms with Gasteiger partial charge < -0.3 is 5.32 Å². The normalized spacial score (nSPS) is 11.8. The molecule has 1 N–H and O–H groups in total. The van der Waals surface area contributed by atoms with Crippen molar-refractivity contribution in [2.75, 3.05) is 0 Å². The number of benzene rings is 1. The van der Waals surface area contributed by atoms with Gasteiger partial charge in [-0.3, -0.25) is 4.79 Å². The summed E-state index contributed by atoms with van der Waals surface area (Å²) in [5.41, 5.74) is 2.74. The van der Waals surface area contributed by atoms with Gasteiger partial charge >= 0.3 is 0 Å². The zero-order valence-corrected chi connectivity index (χ0v) is 12.6. The maximum absolute atomic E-state index is 12.3. The van der Waals surface area contributed by atoms with Gasteiger partial charge in [0.15, 0.2) is 5.65 Å². The van der Waals surface area contributed by atoms with Gasteiger partial charge in [0.1, 0.15) is 5.56 Å². The summed E-state index contributed by atoms with van der Waals surface area (Å²) in [5.74, 6) is -0.277. The molecule has 0 aliphatic carbocycles. The lowest BCUT2D eigenvalue weighted by Crippen LogP contribution is -2.32. The molecule has 6 heteroatoms. The van der Waals surface area contributed by atoms with Gasteiger partial charge in [0.05, 0.1) is 24.4 Å². The molecule has 0 aliphatic rings. The fraction of sp³-hybridized carbons (Fsp3) is 0.176. The molecule has 0 bridgehead atoms. The minimum absolute atomic E-state index is 0.222. The quantitative estimate of drug-likeness (QED) is 0.802. The van der Waals surface area contributed by atoms with Crippen molar-refractivity contribution in [3.8, 4) is 17.3 Å². The third kappa shape index (κ3) is 2.90. The molecular weight excluding hydrogens is 290 g/mol. The van der Waals surface area contributed by atoms with Crippen LogP contribution in [0.3, 0.4) is 0 Å². The van der Waals surface area contributed by atoms with E-state index in [2.05, 4.69) is 15.4 Å². The van der Waals surface area contributed by atoms with Crippen molar-refractivity contribution in [1.82, 2.24) is 19.9 Å². The molecule has 0 saturated carbocycles. The Morgan fingerprint density at radius 2 is 2.13 bits per heavy atom. The van der Waals surface area contributed by atoms with Gasteiger partial charge in [-0.25, -0.2) is 9.50 Å². The average Bonchev–Trinajstić information content (AvgIpc) is 3.00. The van der Waals surface area contributed by atoms with E-state index in [1.165, 1.54) is 6.20 Å². The van der Waals surface area contributed by atoms with Crippen LogP contribution in [-0.4, -0.2) is 26.5 Å². The van der Waals surface area contributed by atoms with Crippen LogP contribution >= 0.6 is 0 Å².